The zero-order valence-corrected chi connectivity index (χ0v) is 17.3. The highest BCUT2D eigenvalue weighted by Crippen LogP contribution is 2.24. The number of nitrogens with one attached hydrogen (secondary N) is 3. The molecule has 0 fully saturated rings. The number of halogens is 3. The van der Waals surface area contributed by atoms with Crippen molar-refractivity contribution in [3.05, 3.63) is 58.6 Å². The number of guanidine groups is 1. The number of benzene rings is 2. The Morgan fingerprint density at radius 3 is 2.53 bits per heavy atom. The highest BCUT2D eigenvalue weighted by Gasteiger charge is 2.11. The molecule has 0 spiro atoms. The number of anilines is 1. The molecular formula is C20H23ClF2N4O3. The van der Waals surface area contributed by atoms with Crippen molar-refractivity contribution in [1.29, 1.82) is 0 Å². The molecule has 0 heterocycles. The molecule has 0 saturated carbocycles. The molecule has 10 heteroatoms. The van der Waals surface area contributed by atoms with Gasteiger partial charge in [-0.2, -0.15) is 8.78 Å². The summed E-state index contributed by atoms with van der Waals surface area (Å²) in [5.74, 6) is 0.545. The first-order chi connectivity index (χ1) is 14.4. The van der Waals surface area contributed by atoms with Crippen LogP contribution in [0.15, 0.2) is 47.5 Å². The average molecular weight is 441 g/mol. The predicted octanol–water partition coefficient (Wildman–Crippen LogP) is 4.38. The lowest BCUT2D eigenvalue weighted by Crippen LogP contribution is -2.36. The highest BCUT2D eigenvalue weighted by molar-refractivity contribution is 6.30. The van der Waals surface area contributed by atoms with Crippen LogP contribution in [0.4, 0.5) is 19.3 Å². The lowest BCUT2D eigenvalue weighted by atomic mass is 10.2. The van der Waals surface area contributed by atoms with E-state index in [0.29, 0.717) is 35.3 Å². The number of carbonyl (C=O) groups is 1. The third kappa shape index (κ3) is 7.75. The van der Waals surface area contributed by atoms with E-state index in [1.54, 1.807) is 18.2 Å². The minimum Gasteiger partial charge on any atom is -0.453 e. The normalized spacial score (nSPS) is 11.2. The van der Waals surface area contributed by atoms with Crippen LogP contribution in [0.2, 0.25) is 5.02 Å². The van der Waals surface area contributed by atoms with E-state index < -0.39 is 12.7 Å². The highest BCUT2D eigenvalue weighted by atomic mass is 35.5. The van der Waals surface area contributed by atoms with E-state index in [0.717, 1.165) is 5.56 Å². The molecule has 30 heavy (non-hydrogen) atoms. The van der Waals surface area contributed by atoms with Gasteiger partial charge in [0.15, 0.2) is 5.96 Å². The standard InChI is InChI=1S/C20H23ClF2N4O3/c1-3-24-19(25-11-13-4-7-16(8-5-13)27-20(28)29-2)26-12-14-10-15(21)6-9-17(14)30-18(22)23/h4-10,18H,3,11-12H2,1-2H3,(H,27,28)(H2,24,25,26). The van der Waals surface area contributed by atoms with Gasteiger partial charge in [0.05, 0.1) is 13.7 Å². The first-order valence-electron chi connectivity index (χ1n) is 9.10. The first-order valence-corrected chi connectivity index (χ1v) is 9.48. The van der Waals surface area contributed by atoms with Crippen molar-refractivity contribution in [2.75, 3.05) is 19.0 Å². The van der Waals surface area contributed by atoms with Crippen LogP contribution >= 0.6 is 11.6 Å². The zero-order chi connectivity index (χ0) is 21.9. The summed E-state index contributed by atoms with van der Waals surface area (Å²) < 4.78 is 34.3. The summed E-state index contributed by atoms with van der Waals surface area (Å²) in [7, 11) is 1.29. The molecule has 0 aliphatic heterocycles. The van der Waals surface area contributed by atoms with Crippen LogP contribution in [0.3, 0.4) is 0 Å². The summed E-state index contributed by atoms with van der Waals surface area (Å²) in [5.41, 5.74) is 1.99. The molecule has 3 N–H and O–H groups in total. The number of nitrogens with zero attached hydrogens (tertiary/aromatic N) is 1. The number of alkyl halides is 2. The fraction of sp³-hybridized carbons (Fsp3) is 0.300. The second-order valence-corrected chi connectivity index (χ2v) is 6.43. The number of amides is 1. The lowest BCUT2D eigenvalue weighted by molar-refractivity contribution is -0.0504. The lowest BCUT2D eigenvalue weighted by Gasteiger charge is -2.15. The quantitative estimate of drug-likeness (QED) is 0.419. The van der Waals surface area contributed by atoms with Gasteiger partial charge in [-0.25, -0.2) is 9.79 Å². The van der Waals surface area contributed by atoms with Gasteiger partial charge in [0.1, 0.15) is 5.75 Å². The molecule has 0 saturated heterocycles. The molecule has 162 valence electrons. The van der Waals surface area contributed by atoms with Crippen LogP contribution in [0.25, 0.3) is 0 Å². The molecule has 2 aromatic carbocycles. The third-order valence-electron chi connectivity index (χ3n) is 3.83. The Hall–Kier alpha value is -3.07. The SMILES string of the molecule is CCNC(=NCc1ccc(NC(=O)OC)cc1)NCc1cc(Cl)ccc1OC(F)F. The zero-order valence-electron chi connectivity index (χ0n) is 16.5. The second-order valence-electron chi connectivity index (χ2n) is 5.99. The number of ether oxygens (including phenoxy) is 2. The van der Waals surface area contributed by atoms with Crippen molar-refractivity contribution in [3.8, 4) is 5.75 Å². The Balaban J connectivity index is 2.03. The van der Waals surface area contributed by atoms with E-state index in [4.69, 9.17) is 11.6 Å². The van der Waals surface area contributed by atoms with Gasteiger partial charge in [0, 0.05) is 29.4 Å². The van der Waals surface area contributed by atoms with Crippen LogP contribution in [0, 0.1) is 0 Å². The summed E-state index contributed by atoms with van der Waals surface area (Å²) in [6, 6.07) is 11.6. The number of hydrogen-bond acceptors (Lipinski definition) is 4. The smallest absolute Gasteiger partial charge is 0.411 e. The van der Waals surface area contributed by atoms with Crippen molar-refractivity contribution in [1.82, 2.24) is 10.6 Å². The van der Waals surface area contributed by atoms with Crippen molar-refractivity contribution in [2.24, 2.45) is 4.99 Å². The van der Waals surface area contributed by atoms with Crippen LogP contribution in [-0.2, 0) is 17.8 Å². The average Bonchev–Trinajstić information content (AvgIpc) is 2.72. The van der Waals surface area contributed by atoms with Crippen LogP contribution < -0.4 is 20.7 Å². The summed E-state index contributed by atoms with van der Waals surface area (Å²) >= 11 is 5.97. The summed E-state index contributed by atoms with van der Waals surface area (Å²) in [6.07, 6.45) is -0.546. The van der Waals surface area contributed by atoms with Crippen LogP contribution in [-0.4, -0.2) is 32.3 Å². The molecule has 2 rings (SSSR count). The first kappa shape index (κ1) is 23.2. The number of aliphatic imine (C=N–C) groups is 1. The maximum absolute atomic E-state index is 12.6. The minimum atomic E-state index is -2.93. The Labute approximate surface area is 178 Å². The summed E-state index contributed by atoms with van der Waals surface area (Å²) in [4.78, 5) is 15.7. The van der Waals surface area contributed by atoms with E-state index in [1.165, 1.54) is 19.2 Å². The van der Waals surface area contributed by atoms with Gasteiger partial charge < -0.3 is 20.1 Å². The summed E-state index contributed by atoms with van der Waals surface area (Å²) in [5, 5.41) is 9.14. The second kappa shape index (κ2) is 11.8. The number of carbonyl (C=O) groups excluding carboxylic acids is 1. The van der Waals surface area contributed by atoms with Crippen molar-refractivity contribution in [3.63, 3.8) is 0 Å². The molecule has 7 nitrogen and oxygen atoms in total. The van der Waals surface area contributed by atoms with Gasteiger partial charge in [-0.05, 0) is 42.8 Å². The van der Waals surface area contributed by atoms with E-state index in [2.05, 4.69) is 30.4 Å². The Bertz CT molecular complexity index is 864. The monoisotopic (exact) mass is 440 g/mol. The van der Waals surface area contributed by atoms with Gasteiger partial charge in [-0.15, -0.1) is 0 Å². The van der Waals surface area contributed by atoms with E-state index in [-0.39, 0.29) is 12.3 Å². The van der Waals surface area contributed by atoms with Crippen molar-refractivity contribution >= 4 is 29.3 Å². The van der Waals surface area contributed by atoms with E-state index >= 15 is 0 Å². The molecule has 0 radical (unpaired) electrons. The molecule has 0 aliphatic carbocycles. The molecule has 1 amide bonds. The fourth-order valence-corrected chi connectivity index (χ4v) is 2.65. The Morgan fingerprint density at radius 2 is 1.90 bits per heavy atom. The molecule has 0 aliphatic rings. The largest absolute Gasteiger partial charge is 0.453 e. The van der Waals surface area contributed by atoms with Gasteiger partial charge in [-0.1, -0.05) is 23.7 Å². The maximum atomic E-state index is 12.6. The van der Waals surface area contributed by atoms with Crippen molar-refractivity contribution < 1.29 is 23.0 Å². The van der Waals surface area contributed by atoms with Crippen molar-refractivity contribution in [2.45, 2.75) is 26.6 Å². The molecular weight excluding hydrogens is 418 g/mol. The number of methoxy groups -OCH3 is 1. The molecule has 2 aromatic rings. The maximum Gasteiger partial charge on any atom is 0.411 e. The van der Waals surface area contributed by atoms with Gasteiger partial charge in [0.2, 0.25) is 0 Å². The third-order valence-corrected chi connectivity index (χ3v) is 4.07. The fourth-order valence-electron chi connectivity index (χ4n) is 2.45. The number of rotatable bonds is 8. The van der Waals surface area contributed by atoms with E-state index in [1.807, 2.05) is 19.1 Å². The summed E-state index contributed by atoms with van der Waals surface area (Å²) in [6.45, 7) is 0.155. The van der Waals surface area contributed by atoms with Gasteiger partial charge >= 0.3 is 12.7 Å². The van der Waals surface area contributed by atoms with Gasteiger partial charge in [-0.3, -0.25) is 5.32 Å². The topological polar surface area (TPSA) is 84.0 Å². The number of hydrogen-bond donors (Lipinski definition) is 3. The van der Waals surface area contributed by atoms with E-state index in [9.17, 15) is 13.6 Å². The molecule has 0 unspecified atom stereocenters. The predicted molar refractivity (Wildman–Crippen MR) is 112 cm³/mol. The van der Waals surface area contributed by atoms with Gasteiger partial charge in [0.25, 0.3) is 0 Å². The Morgan fingerprint density at radius 1 is 1.17 bits per heavy atom. The molecule has 0 atom stereocenters. The molecule has 0 bridgehead atoms. The minimum absolute atomic E-state index is 0.0476. The van der Waals surface area contributed by atoms with Crippen LogP contribution in [0.5, 0.6) is 5.75 Å². The molecule has 0 aromatic heterocycles. The van der Waals surface area contributed by atoms with Crippen LogP contribution in [0.1, 0.15) is 18.1 Å². The Kier molecular flexibility index (Phi) is 9.14.